The SMILES string of the molecule is CC(C)C1(COc2ccccc2N)COC1. The summed E-state index contributed by atoms with van der Waals surface area (Å²) in [4.78, 5) is 0. The quantitative estimate of drug-likeness (QED) is 0.793. The van der Waals surface area contributed by atoms with Gasteiger partial charge >= 0.3 is 0 Å². The lowest BCUT2D eigenvalue weighted by atomic mass is 9.76. The van der Waals surface area contributed by atoms with E-state index in [1.165, 1.54) is 0 Å². The molecule has 0 aliphatic carbocycles. The van der Waals surface area contributed by atoms with Crippen molar-refractivity contribution in [1.29, 1.82) is 0 Å². The lowest BCUT2D eigenvalue weighted by Crippen LogP contribution is -2.50. The zero-order valence-electron chi connectivity index (χ0n) is 9.90. The Hall–Kier alpha value is -1.22. The van der Waals surface area contributed by atoms with Crippen LogP contribution in [0, 0.1) is 11.3 Å². The Labute approximate surface area is 96.5 Å². The van der Waals surface area contributed by atoms with E-state index in [2.05, 4.69) is 13.8 Å². The number of anilines is 1. The summed E-state index contributed by atoms with van der Waals surface area (Å²) in [5.41, 5.74) is 6.69. The number of rotatable bonds is 4. The van der Waals surface area contributed by atoms with Crippen LogP contribution in [0.4, 0.5) is 5.69 Å². The van der Waals surface area contributed by atoms with E-state index in [0.717, 1.165) is 19.0 Å². The van der Waals surface area contributed by atoms with Crippen LogP contribution in [-0.4, -0.2) is 19.8 Å². The molecule has 0 amide bonds. The van der Waals surface area contributed by atoms with Gasteiger partial charge in [-0.1, -0.05) is 26.0 Å². The Morgan fingerprint density at radius 1 is 1.38 bits per heavy atom. The van der Waals surface area contributed by atoms with Crippen molar-refractivity contribution in [3.05, 3.63) is 24.3 Å². The molecule has 3 heteroatoms. The van der Waals surface area contributed by atoms with E-state index in [9.17, 15) is 0 Å². The molecule has 0 radical (unpaired) electrons. The minimum Gasteiger partial charge on any atom is -0.491 e. The number of benzene rings is 1. The highest BCUT2D eigenvalue weighted by molar-refractivity contribution is 5.51. The molecule has 0 unspecified atom stereocenters. The lowest BCUT2D eigenvalue weighted by Gasteiger charge is -2.44. The van der Waals surface area contributed by atoms with Gasteiger partial charge in [-0.25, -0.2) is 0 Å². The molecule has 0 aromatic heterocycles. The maximum absolute atomic E-state index is 5.83. The fourth-order valence-electron chi connectivity index (χ4n) is 1.78. The standard InChI is InChI=1S/C13H19NO2/c1-10(2)13(7-15-8-13)9-16-12-6-4-3-5-11(12)14/h3-6,10H,7-9,14H2,1-2H3. The maximum Gasteiger partial charge on any atom is 0.142 e. The maximum atomic E-state index is 5.83. The normalized spacial score (nSPS) is 18.2. The molecular weight excluding hydrogens is 202 g/mol. The first-order valence-electron chi connectivity index (χ1n) is 5.69. The first-order chi connectivity index (χ1) is 7.64. The van der Waals surface area contributed by atoms with Crippen LogP contribution in [0.2, 0.25) is 0 Å². The molecule has 1 heterocycles. The van der Waals surface area contributed by atoms with Crippen LogP contribution < -0.4 is 10.5 Å². The van der Waals surface area contributed by atoms with E-state index in [-0.39, 0.29) is 5.41 Å². The lowest BCUT2D eigenvalue weighted by molar-refractivity contribution is -0.156. The molecule has 1 aromatic rings. The Morgan fingerprint density at radius 3 is 2.56 bits per heavy atom. The van der Waals surface area contributed by atoms with E-state index >= 15 is 0 Å². The molecule has 1 aliphatic heterocycles. The highest BCUT2D eigenvalue weighted by Gasteiger charge is 2.42. The van der Waals surface area contributed by atoms with Gasteiger partial charge < -0.3 is 15.2 Å². The predicted octanol–water partition coefficient (Wildman–Crippen LogP) is 2.32. The fraction of sp³-hybridized carbons (Fsp3) is 0.538. The molecule has 0 spiro atoms. The van der Waals surface area contributed by atoms with Crippen molar-refractivity contribution >= 4 is 5.69 Å². The molecule has 2 rings (SSSR count). The van der Waals surface area contributed by atoms with Gasteiger partial charge in [-0.2, -0.15) is 0 Å². The topological polar surface area (TPSA) is 44.5 Å². The second-order valence-corrected chi connectivity index (χ2v) is 4.84. The summed E-state index contributed by atoms with van der Waals surface area (Å²) >= 11 is 0. The van der Waals surface area contributed by atoms with Gasteiger partial charge in [0.2, 0.25) is 0 Å². The van der Waals surface area contributed by atoms with Crippen molar-refractivity contribution in [2.45, 2.75) is 13.8 Å². The molecule has 1 aliphatic rings. The highest BCUT2D eigenvalue weighted by Crippen LogP contribution is 2.36. The van der Waals surface area contributed by atoms with Gasteiger partial charge in [-0.3, -0.25) is 0 Å². The molecule has 3 nitrogen and oxygen atoms in total. The van der Waals surface area contributed by atoms with Gasteiger partial charge in [0.15, 0.2) is 0 Å². The minimum absolute atomic E-state index is 0.169. The van der Waals surface area contributed by atoms with Gasteiger partial charge in [-0.05, 0) is 18.1 Å². The van der Waals surface area contributed by atoms with Gasteiger partial charge in [0.05, 0.1) is 30.9 Å². The van der Waals surface area contributed by atoms with Gasteiger partial charge in [-0.15, -0.1) is 0 Å². The smallest absolute Gasteiger partial charge is 0.142 e. The second-order valence-electron chi connectivity index (χ2n) is 4.84. The van der Waals surface area contributed by atoms with E-state index in [1.807, 2.05) is 24.3 Å². The first-order valence-corrected chi connectivity index (χ1v) is 5.69. The van der Waals surface area contributed by atoms with E-state index in [4.69, 9.17) is 15.2 Å². The number of hydrogen-bond acceptors (Lipinski definition) is 3. The summed E-state index contributed by atoms with van der Waals surface area (Å²) in [7, 11) is 0. The molecule has 1 fully saturated rings. The molecule has 0 saturated carbocycles. The first kappa shape index (κ1) is 11.3. The van der Waals surface area contributed by atoms with Crippen molar-refractivity contribution in [2.75, 3.05) is 25.6 Å². The van der Waals surface area contributed by atoms with Crippen LogP contribution in [0.25, 0.3) is 0 Å². The Morgan fingerprint density at radius 2 is 2.06 bits per heavy atom. The third kappa shape index (κ3) is 2.00. The monoisotopic (exact) mass is 221 g/mol. The van der Waals surface area contributed by atoms with Gasteiger partial charge in [0.25, 0.3) is 0 Å². The van der Waals surface area contributed by atoms with Crippen molar-refractivity contribution in [2.24, 2.45) is 11.3 Å². The van der Waals surface area contributed by atoms with E-state index in [1.54, 1.807) is 0 Å². The van der Waals surface area contributed by atoms with Gasteiger partial charge in [0, 0.05) is 0 Å². The third-order valence-corrected chi connectivity index (χ3v) is 3.44. The third-order valence-electron chi connectivity index (χ3n) is 3.44. The van der Waals surface area contributed by atoms with Crippen molar-refractivity contribution in [1.82, 2.24) is 0 Å². The van der Waals surface area contributed by atoms with E-state index in [0.29, 0.717) is 18.2 Å². The largest absolute Gasteiger partial charge is 0.491 e. The summed E-state index contributed by atoms with van der Waals surface area (Å²) < 4.78 is 11.1. The molecule has 1 saturated heterocycles. The Balaban J connectivity index is 1.99. The number of para-hydroxylation sites is 2. The minimum atomic E-state index is 0.169. The summed E-state index contributed by atoms with van der Waals surface area (Å²) in [6.07, 6.45) is 0. The van der Waals surface area contributed by atoms with Gasteiger partial charge in [0.1, 0.15) is 5.75 Å². The van der Waals surface area contributed by atoms with E-state index < -0.39 is 0 Å². The molecule has 0 atom stereocenters. The zero-order chi connectivity index (χ0) is 11.6. The number of nitrogens with two attached hydrogens (primary N) is 1. The van der Waals surface area contributed by atoms with Crippen LogP contribution in [-0.2, 0) is 4.74 Å². The predicted molar refractivity (Wildman–Crippen MR) is 64.4 cm³/mol. The molecular formula is C13H19NO2. The molecule has 16 heavy (non-hydrogen) atoms. The summed E-state index contributed by atoms with van der Waals surface area (Å²) in [5.74, 6) is 1.33. The number of hydrogen-bond donors (Lipinski definition) is 1. The highest BCUT2D eigenvalue weighted by atomic mass is 16.5. The van der Waals surface area contributed by atoms with Crippen molar-refractivity contribution < 1.29 is 9.47 Å². The average molecular weight is 221 g/mol. The summed E-state index contributed by atoms with van der Waals surface area (Å²) in [6.45, 7) is 6.67. The summed E-state index contributed by atoms with van der Waals surface area (Å²) in [5, 5.41) is 0. The zero-order valence-corrected chi connectivity index (χ0v) is 9.90. The van der Waals surface area contributed by atoms with Crippen molar-refractivity contribution in [3.63, 3.8) is 0 Å². The molecule has 1 aromatic carbocycles. The number of ether oxygens (including phenoxy) is 2. The van der Waals surface area contributed by atoms with Crippen LogP contribution in [0.1, 0.15) is 13.8 Å². The Kier molecular flexibility index (Phi) is 3.06. The van der Waals surface area contributed by atoms with Crippen LogP contribution in [0.5, 0.6) is 5.75 Å². The average Bonchev–Trinajstić information content (AvgIpc) is 2.18. The second kappa shape index (κ2) is 4.34. The number of nitrogen functional groups attached to an aromatic ring is 1. The van der Waals surface area contributed by atoms with Crippen LogP contribution in [0.3, 0.4) is 0 Å². The van der Waals surface area contributed by atoms with Crippen molar-refractivity contribution in [3.8, 4) is 5.75 Å². The Bertz CT molecular complexity index is 359. The molecule has 2 N–H and O–H groups in total. The fourth-order valence-corrected chi connectivity index (χ4v) is 1.78. The molecule has 0 bridgehead atoms. The van der Waals surface area contributed by atoms with Crippen LogP contribution >= 0.6 is 0 Å². The molecule has 88 valence electrons. The van der Waals surface area contributed by atoms with Crippen LogP contribution in [0.15, 0.2) is 24.3 Å². The summed E-state index contributed by atoms with van der Waals surface area (Å²) in [6, 6.07) is 7.61.